The molecule has 0 spiro atoms. The van der Waals surface area contributed by atoms with Gasteiger partial charge in [-0.2, -0.15) is 0 Å². The van der Waals surface area contributed by atoms with Crippen LogP contribution in [0.25, 0.3) is 20.9 Å². The fourth-order valence-corrected chi connectivity index (χ4v) is 8.07. The molecule has 0 saturated heterocycles. The Labute approximate surface area is 157 Å². The predicted octanol–water partition coefficient (Wildman–Crippen LogP) is 7.76. The second-order valence-electron chi connectivity index (χ2n) is 5.46. The first-order valence-corrected chi connectivity index (χ1v) is 10.9. The lowest BCUT2D eigenvalue weighted by molar-refractivity contribution is 1.29. The van der Waals surface area contributed by atoms with Gasteiger partial charge in [0.1, 0.15) is 0 Å². The molecule has 0 bridgehead atoms. The summed E-state index contributed by atoms with van der Waals surface area (Å²) >= 11 is 7.65. The average molecular weight is 381 g/mol. The highest BCUT2D eigenvalue weighted by Gasteiger charge is 2.23. The zero-order valence-electron chi connectivity index (χ0n) is 12.6. The molecule has 5 rings (SSSR count). The Morgan fingerprint density at radius 2 is 0.917 bits per heavy atom. The van der Waals surface area contributed by atoms with E-state index in [1.54, 1.807) is 0 Å². The Bertz CT molecular complexity index is 874. The van der Waals surface area contributed by atoms with Crippen LogP contribution in [-0.4, -0.2) is 0 Å². The third-order valence-corrected chi connectivity index (χ3v) is 9.22. The van der Waals surface area contributed by atoms with Crippen molar-refractivity contribution >= 4 is 46.2 Å². The van der Waals surface area contributed by atoms with Crippen LogP contribution < -0.4 is 0 Å². The van der Waals surface area contributed by atoms with Gasteiger partial charge >= 0.3 is 0 Å². The van der Waals surface area contributed by atoms with Crippen molar-refractivity contribution in [1.29, 1.82) is 0 Å². The van der Waals surface area contributed by atoms with E-state index >= 15 is 0 Å². The lowest BCUT2D eigenvalue weighted by atomic mass is 10.2. The molecule has 0 nitrogen and oxygen atoms in total. The molecule has 2 aromatic carbocycles. The number of fused-ring (bicyclic) bond motifs is 2. The topological polar surface area (TPSA) is 0 Å². The molecule has 0 unspecified atom stereocenters. The Morgan fingerprint density at radius 1 is 0.500 bits per heavy atom. The molecule has 116 valence electrons. The first kappa shape index (κ1) is 14.8. The van der Waals surface area contributed by atoms with E-state index in [0.29, 0.717) is 0 Å². The zero-order valence-corrected chi connectivity index (χ0v) is 15.8. The number of benzene rings is 2. The van der Waals surface area contributed by atoms with Gasteiger partial charge in [-0.25, -0.2) is 0 Å². The molecule has 4 aromatic rings. The van der Waals surface area contributed by atoms with E-state index in [4.69, 9.17) is 0 Å². The number of hydrogen-bond donors (Lipinski definition) is 0. The molecule has 0 atom stereocenters. The molecule has 0 radical (unpaired) electrons. The van der Waals surface area contributed by atoms with Gasteiger partial charge in [0.05, 0.1) is 8.42 Å². The van der Waals surface area contributed by atoms with Crippen molar-refractivity contribution in [2.75, 3.05) is 0 Å². The molecule has 0 amide bonds. The van der Waals surface area contributed by atoms with Gasteiger partial charge in [-0.15, -0.1) is 22.7 Å². The highest BCUT2D eigenvalue weighted by molar-refractivity contribution is 8.07. The minimum absolute atomic E-state index is 1.31. The largest absolute Gasteiger partial charge is 0.127 e. The van der Waals surface area contributed by atoms with Crippen molar-refractivity contribution in [2.45, 2.75) is 18.2 Å². The molecule has 3 heterocycles. The summed E-state index contributed by atoms with van der Waals surface area (Å²) in [5.74, 6) is 0. The van der Waals surface area contributed by atoms with Crippen molar-refractivity contribution in [3.8, 4) is 20.9 Å². The van der Waals surface area contributed by atoms with Gasteiger partial charge in [-0.05, 0) is 23.3 Å². The maximum atomic E-state index is 2.35. The van der Waals surface area contributed by atoms with E-state index in [1.807, 2.05) is 46.2 Å². The molecule has 0 fully saturated rings. The Balaban J connectivity index is 1.49. The highest BCUT2D eigenvalue weighted by Crippen LogP contribution is 2.57. The smallest absolute Gasteiger partial charge is 0.0793 e. The second-order valence-corrected chi connectivity index (χ2v) is 10.2. The first-order chi connectivity index (χ1) is 11.9. The van der Waals surface area contributed by atoms with Crippen molar-refractivity contribution < 1.29 is 0 Å². The van der Waals surface area contributed by atoms with Gasteiger partial charge in [0, 0.05) is 19.5 Å². The molecule has 0 aliphatic carbocycles. The maximum Gasteiger partial charge on any atom is 0.0793 e. The van der Waals surface area contributed by atoms with Crippen molar-refractivity contribution in [1.82, 2.24) is 0 Å². The monoisotopic (exact) mass is 380 g/mol. The maximum absolute atomic E-state index is 2.35. The van der Waals surface area contributed by atoms with Crippen molar-refractivity contribution in [2.24, 2.45) is 0 Å². The van der Waals surface area contributed by atoms with E-state index < -0.39 is 0 Å². The average Bonchev–Trinajstić information content (AvgIpc) is 3.24. The Morgan fingerprint density at radius 3 is 1.33 bits per heavy atom. The predicted molar refractivity (Wildman–Crippen MR) is 108 cm³/mol. The van der Waals surface area contributed by atoms with Crippen LogP contribution in [0.1, 0.15) is 0 Å². The normalized spacial score (nSPS) is 12.7. The fourth-order valence-electron chi connectivity index (χ4n) is 2.69. The molecular weight excluding hydrogens is 368 g/mol. The number of hydrogen-bond acceptors (Lipinski definition) is 4. The molecule has 1 aliphatic heterocycles. The molecule has 1 aliphatic rings. The van der Waals surface area contributed by atoms with Crippen LogP contribution in [0.2, 0.25) is 0 Å². The molecule has 0 saturated carbocycles. The standard InChI is InChI=1S/C20H12S4/c1-3-7-13(8-4-1)15-11-17-19(21-15)24-18-12-16(22-20(18)23-17)14-9-5-2-6-10-14/h1-12H. The number of thiophene rings is 2. The molecule has 4 heteroatoms. The lowest BCUT2D eigenvalue weighted by Gasteiger charge is -2.08. The lowest BCUT2D eigenvalue weighted by Crippen LogP contribution is -1.77. The summed E-state index contributed by atoms with van der Waals surface area (Å²) < 4.78 is 2.84. The minimum Gasteiger partial charge on any atom is -0.127 e. The number of rotatable bonds is 2. The van der Waals surface area contributed by atoms with Crippen LogP contribution in [0.15, 0.2) is 91.0 Å². The summed E-state index contributed by atoms with van der Waals surface area (Å²) in [4.78, 5) is 5.52. The van der Waals surface area contributed by atoms with Crippen molar-refractivity contribution in [3.05, 3.63) is 72.8 Å². The summed E-state index contributed by atoms with van der Waals surface area (Å²) in [5, 5.41) is 0. The molecule has 0 N–H and O–H groups in total. The summed E-state index contributed by atoms with van der Waals surface area (Å²) in [7, 11) is 0. The summed E-state index contributed by atoms with van der Waals surface area (Å²) in [6.45, 7) is 0. The highest BCUT2D eigenvalue weighted by atomic mass is 32.2. The quantitative estimate of drug-likeness (QED) is 0.307. The van der Waals surface area contributed by atoms with E-state index in [0.717, 1.165) is 0 Å². The van der Waals surface area contributed by atoms with Crippen LogP contribution in [0.3, 0.4) is 0 Å². The van der Waals surface area contributed by atoms with E-state index in [2.05, 4.69) is 72.8 Å². The summed E-state index contributed by atoms with van der Waals surface area (Å²) in [6, 6.07) is 26.0. The Kier molecular flexibility index (Phi) is 3.78. The zero-order chi connectivity index (χ0) is 15.9. The minimum atomic E-state index is 1.31. The van der Waals surface area contributed by atoms with Crippen LogP contribution in [-0.2, 0) is 0 Å². The SMILES string of the molecule is c1ccc(-c2cc3c(s2)Sc2cc(-c4ccccc4)sc2S3)cc1. The van der Waals surface area contributed by atoms with Gasteiger partial charge in [0.2, 0.25) is 0 Å². The van der Waals surface area contributed by atoms with Crippen LogP contribution in [0.4, 0.5) is 0 Å². The van der Waals surface area contributed by atoms with Gasteiger partial charge < -0.3 is 0 Å². The first-order valence-electron chi connectivity index (χ1n) is 7.61. The van der Waals surface area contributed by atoms with Crippen LogP contribution in [0.5, 0.6) is 0 Å². The van der Waals surface area contributed by atoms with Crippen LogP contribution >= 0.6 is 46.2 Å². The van der Waals surface area contributed by atoms with Crippen molar-refractivity contribution in [3.63, 3.8) is 0 Å². The van der Waals surface area contributed by atoms with E-state index in [9.17, 15) is 0 Å². The summed E-state index contributed by atoms with van der Waals surface area (Å²) in [6.07, 6.45) is 0. The second kappa shape index (κ2) is 6.12. The van der Waals surface area contributed by atoms with Gasteiger partial charge in [-0.3, -0.25) is 0 Å². The van der Waals surface area contributed by atoms with Gasteiger partial charge in [0.15, 0.2) is 0 Å². The van der Waals surface area contributed by atoms with Gasteiger partial charge in [-0.1, -0.05) is 84.2 Å². The van der Waals surface area contributed by atoms with Gasteiger partial charge in [0.25, 0.3) is 0 Å². The van der Waals surface area contributed by atoms with E-state index in [1.165, 1.54) is 39.1 Å². The molecular formula is C20H12S4. The Hall–Kier alpha value is -1.46. The third-order valence-electron chi connectivity index (χ3n) is 3.85. The van der Waals surface area contributed by atoms with E-state index in [-0.39, 0.29) is 0 Å². The molecule has 24 heavy (non-hydrogen) atoms. The van der Waals surface area contributed by atoms with Crippen LogP contribution in [0, 0.1) is 0 Å². The molecule has 2 aromatic heterocycles. The third kappa shape index (κ3) is 2.64. The summed E-state index contributed by atoms with van der Waals surface area (Å²) in [5.41, 5.74) is 2.62. The fraction of sp³-hybridized carbons (Fsp3) is 0.